The van der Waals surface area contributed by atoms with Gasteiger partial charge in [0.25, 0.3) is 5.91 Å². The molecule has 2 rings (SSSR count). The van der Waals surface area contributed by atoms with Gasteiger partial charge in [-0.1, -0.05) is 6.92 Å². The van der Waals surface area contributed by atoms with Gasteiger partial charge in [0.05, 0.1) is 13.7 Å². The molecular weight excluding hydrogens is 280 g/mol. The van der Waals surface area contributed by atoms with Crippen LogP contribution >= 0.6 is 0 Å². The van der Waals surface area contributed by atoms with Gasteiger partial charge in [0.2, 0.25) is 0 Å². The van der Waals surface area contributed by atoms with Crippen LogP contribution in [0, 0.1) is 0 Å². The van der Waals surface area contributed by atoms with E-state index in [1.807, 2.05) is 23.1 Å². The Morgan fingerprint density at radius 2 is 1.95 bits per heavy atom. The Morgan fingerprint density at radius 3 is 2.59 bits per heavy atom. The molecule has 1 aliphatic heterocycles. The second-order valence-corrected chi connectivity index (χ2v) is 5.67. The van der Waals surface area contributed by atoms with E-state index in [-0.39, 0.29) is 5.91 Å². The van der Waals surface area contributed by atoms with Gasteiger partial charge in [0, 0.05) is 43.9 Å². The summed E-state index contributed by atoms with van der Waals surface area (Å²) in [6.07, 6.45) is 0.974. The first-order valence-corrected chi connectivity index (χ1v) is 7.88. The molecule has 0 radical (unpaired) electrons. The third-order valence-corrected chi connectivity index (χ3v) is 3.92. The van der Waals surface area contributed by atoms with Crippen LogP contribution in [0.2, 0.25) is 0 Å². The average Bonchev–Trinajstić information content (AvgIpc) is 2.55. The summed E-state index contributed by atoms with van der Waals surface area (Å²) in [5.74, 6) is 0.860. The maximum atomic E-state index is 12.6. The van der Waals surface area contributed by atoms with Crippen LogP contribution in [-0.2, 0) is 11.3 Å². The highest BCUT2D eigenvalue weighted by atomic mass is 16.5. The van der Waals surface area contributed by atoms with Crippen molar-refractivity contribution in [2.24, 2.45) is 0 Å². The van der Waals surface area contributed by atoms with Gasteiger partial charge in [-0.15, -0.1) is 0 Å². The molecule has 1 amide bonds. The summed E-state index contributed by atoms with van der Waals surface area (Å²) >= 11 is 0. The second kappa shape index (κ2) is 8.15. The highest BCUT2D eigenvalue weighted by Crippen LogP contribution is 2.22. The number of rotatable bonds is 6. The van der Waals surface area contributed by atoms with Crippen LogP contribution in [0.1, 0.15) is 29.3 Å². The van der Waals surface area contributed by atoms with Gasteiger partial charge in [0.1, 0.15) is 5.75 Å². The smallest absolute Gasteiger partial charge is 0.253 e. The second-order valence-electron chi connectivity index (χ2n) is 5.67. The van der Waals surface area contributed by atoms with E-state index in [4.69, 9.17) is 9.47 Å². The maximum absolute atomic E-state index is 12.6. The quantitative estimate of drug-likeness (QED) is 0.754. The van der Waals surface area contributed by atoms with E-state index in [0.29, 0.717) is 18.8 Å². The van der Waals surface area contributed by atoms with Crippen molar-refractivity contribution < 1.29 is 14.3 Å². The van der Waals surface area contributed by atoms with E-state index in [1.165, 1.54) is 0 Å². The average molecular weight is 306 g/mol. The van der Waals surface area contributed by atoms with Crippen LogP contribution in [-0.4, -0.2) is 62.7 Å². The largest absolute Gasteiger partial charge is 0.496 e. The lowest BCUT2D eigenvalue weighted by molar-refractivity contribution is 0.0663. The highest BCUT2D eigenvalue weighted by molar-refractivity contribution is 5.94. The molecule has 0 spiro atoms. The molecular formula is C17H26N2O3. The van der Waals surface area contributed by atoms with Crippen molar-refractivity contribution in [1.29, 1.82) is 0 Å². The van der Waals surface area contributed by atoms with Crippen molar-refractivity contribution in [2.75, 3.05) is 46.9 Å². The number of likely N-dealkylation sites (N-methyl/N-ethyl adjacent to an activating group) is 1. The molecule has 1 heterocycles. The Kier molecular flexibility index (Phi) is 6.21. The number of amides is 1. The summed E-state index contributed by atoms with van der Waals surface area (Å²) in [5, 5.41) is 0. The number of piperazine rings is 1. The van der Waals surface area contributed by atoms with E-state index in [0.717, 1.165) is 43.9 Å². The molecule has 0 N–H and O–H groups in total. The van der Waals surface area contributed by atoms with E-state index in [1.54, 1.807) is 7.11 Å². The molecule has 0 atom stereocenters. The number of hydrogen-bond acceptors (Lipinski definition) is 4. The molecule has 5 nitrogen and oxygen atoms in total. The summed E-state index contributed by atoms with van der Waals surface area (Å²) in [6.45, 7) is 6.67. The zero-order chi connectivity index (χ0) is 15.9. The standard InChI is InChI=1S/C17H26N2O3/c1-4-11-22-13-15-12-14(5-6-16(15)21-3)17(20)19-9-7-18(2)8-10-19/h5-6,12H,4,7-11,13H2,1-3H3. The van der Waals surface area contributed by atoms with Crippen LogP contribution in [0.3, 0.4) is 0 Å². The number of nitrogens with zero attached hydrogens (tertiary/aromatic N) is 2. The van der Waals surface area contributed by atoms with Crippen LogP contribution in [0.4, 0.5) is 0 Å². The summed E-state index contributed by atoms with van der Waals surface area (Å²) in [4.78, 5) is 16.8. The Balaban J connectivity index is 2.09. The van der Waals surface area contributed by atoms with Crippen LogP contribution in [0.5, 0.6) is 5.75 Å². The molecule has 1 aromatic carbocycles. The maximum Gasteiger partial charge on any atom is 0.253 e. The summed E-state index contributed by atoms with van der Waals surface area (Å²) < 4.78 is 11.0. The molecule has 5 heteroatoms. The Labute approximate surface area is 132 Å². The Morgan fingerprint density at radius 1 is 1.23 bits per heavy atom. The number of ether oxygens (including phenoxy) is 2. The first-order valence-electron chi connectivity index (χ1n) is 7.88. The van der Waals surface area contributed by atoms with Gasteiger partial charge >= 0.3 is 0 Å². The number of hydrogen-bond donors (Lipinski definition) is 0. The zero-order valence-corrected chi connectivity index (χ0v) is 13.8. The van der Waals surface area contributed by atoms with Gasteiger partial charge < -0.3 is 19.3 Å². The molecule has 0 aromatic heterocycles. The first-order chi connectivity index (χ1) is 10.7. The van der Waals surface area contributed by atoms with Crippen LogP contribution in [0.25, 0.3) is 0 Å². The van der Waals surface area contributed by atoms with Crippen LogP contribution in [0.15, 0.2) is 18.2 Å². The van der Waals surface area contributed by atoms with Gasteiger partial charge in [-0.05, 0) is 31.7 Å². The van der Waals surface area contributed by atoms with E-state index in [2.05, 4.69) is 18.9 Å². The molecule has 1 aliphatic rings. The molecule has 1 saturated heterocycles. The third-order valence-electron chi connectivity index (χ3n) is 3.92. The van der Waals surface area contributed by atoms with E-state index >= 15 is 0 Å². The van der Waals surface area contributed by atoms with Crippen LogP contribution < -0.4 is 4.74 Å². The van der Waals surface area contributed by atoms with Crippen molar-refractivity contribution in [3.05, 3.63) is 29.3 Å². The molecule has 1 fully saturated rings. The summed E-state index contributed by atoms with van der Waals surface area (Å²) in [5.41, 5.74) is 1.64. The SMILES string of the molecule is CCCOCc1cc(C(=O)N2CCN(C)CC2)ccc1OC. The molecule has 122 valence electrons. The van der Waals surface area contributed by atoms with Crippen molar-refractivity contribution in [2.45, 2.75) is 20.0 Å². The number of carbonyl (C=O) groups excluding carboxylic acids is 1. The molecule has 0 unspecified atom stereocenters. The fourth-order valence-corrected chi connectivity index (χ4v) is 2.54. The number of benzene rings is 1. The lowest BCUT2D eigenvalue weighted by Gasteiger charge is -2.32. The monoisotopic (exact) mass is 306 g/mol. The minimum atomic E-state index is 0.0903. The minimum Gasteiger partial charge on any atom is -0.496 e. The lowest BCUT2D eigenvalue weighted by Crippen LogP contribution is -2.47. The topological polar surface area (TPSA) is 42.0 Å². The Bertz CT molecular complexity index is 497. The molecule has 22 heavy (non-hydrogen) atoms. The minimum absolute atomic E-state index is 0.0903. The molecule has 1 aromatic rings. The van der Waals surface area contributed by atoms with Crippen molar-refractivity contribution >= 4 is 5.91 Å². The fourth-order valence-electron chi connectivity index (χ4n) is 2.54. The lowest BCUT2D eigenvalue weighted by atomic mass is 10.1. The third kappa shape index (κ3) is 4.21. The van der Waals surface area contributed by atoms with Crippen molar-refractivity contribution in [1.82, 2.24) is 9.80 Å². The zero-order valence-electron chi connectivity index (χ0n) is 13.8. The number of methoxy groups -OCH3 is 1. The number of carbonyl (C=O) groups is 1. The predicted octanol–water partition coefficient (Wildman–Crippen LogP) is 2.01. The summed E-state index contributed by atoms with van der Waals surface area (Å²) in [6, 6.07) is 5.59. The first kappa shape index (κ1) is 16.8. The molecule has 0 bridgehead atoms. The van der Waals surface area contributed by atoms with Gasteiger partial charge in [0.15, 0.2) is 0 Å². The fraction of sp³-hybridized carbons (Fsp3) is 0.588. The van der Waals surface area contributed by atoms with Crippen molar-refractivity contribution in [3.8, 4) is 5.75 Å². The van der Waals surface area contributed by atoms with Crippen molar-refractivity contribution in [3.63, 3.8) is 0 Å². The normalized spacial score (nSPS) is 15.9. The predicted molar refractivity (Wildman–Crippen MR) is 86.3 cm³/mol. The molecule has 0 aliphatic carbocycles. The van der Waals surface area contributed by atoms with E-state index < -0.39 is 0 Å². The molecule has 0 saturated carbocycles. The van der Waals surface area contributed by atoms with E-state index in [9.17, 15) is 4.79 Å². The van der Waals surface area contributed by atoms with Gasteiger partial charge in [-0.25, -0.2) is 0 Å². The Hall–Kier alpha value is -1.59. The van der Waals surface area contributed by atoms with Gasteiger partial charge in [-0.3, -0.25) is 4.79 Å². The summed E-state index contributed by atoms with van der Waals surface area (Å²) in [7, 11) is 3.72. The highest BCUT2D eigenvalue weighted by Gasteiger charge is 2.21. The van der Waals surface area contributed by atoms with Gasteiger partial charge in [-0.2, -0.15) is 0 Å².